The summed E-state index contributed by atoms with van der Waals surface area (Å²) < 4.78 is 17.7. The first kappa shape index (κ1) is 17.9. The van der Waals surface area contributed by atoms with Gasteiger partial charge in [0.05, 0.1) is 13.2 Å². The number of hydrogen-bond donors (Lipinski definition) is 0. The summed E-state index contributed by atoms with van der Waals surface area (Å²) in [6.45, 7) is 0. The molecule has 2 aliphatic heterocycles. The Labute approximate surface area is 169 Å². The Bertz CT molecular complexity index is 1050. The molecule has 1 saturated heterocycles. The smallest absolute Gasteiger partial charge is 0.282 e. The van der Waals surface area contributed by atoms with E-state index in [4.69, 9.17) is 14.2 Å². The number of anilines is 1. The summed E-state index contributed by atoms with van der Waals surface area (Å²) >= 11 is 0. The van der Waals surface area contributed by atoms with Crippen LogP contribution in [-0.2, 0) is 15.4 Å². The minimum absolute atomic E-state index is 0.0347. The van der Waals surface area contributed by atoms with Crippen molar-refractivity contribution in [2.45, 2.75) is 18.1 Å². The molecule has 0 aliphatic carbocycles. The summed E-state index contributed by atoms with van der Waals surface area (Å²) in [6.07, 6.45) is -0.682. The maximum Gasteiger partial charge on any atom is 0.282 e. The monoisotopic (exact) mass is 387 g/mol. The highest BCUT2D eigenvalue weighted by Gasteiger charge is 2.62. The maximum absolute atomic E-state index is 13.4. The van der Waals surface area contributed by atoms with Gasteiger partial charge in [-0.2, -0.15) is 0 Å². The van der Waals surface area contributed by atoms with E-state index in [-0.39, 0.29) is 11.8 Å². The first-order valence-corrected chi connectivity index (χ1v) is 9.54. The van der Waals surface area contributed by atoms with Crippen LogP contribution in [0, 0.1) is 0 Å². The van der Waals surface area contributed by atoms with Gasteiger partial charge in [-0.1, -0.05) is 54.6 Å². The van der Waals surface area contributed by atoms with Crippen molar-refractivity contribution in [2.75, 3.05) is 19.1 Å². The van der Waals surface area contributed by atoms with Crippen molar-refractivity contribution in [3.8, 4) is 5.75 Å². The van der Waals surface area contributed by atoms with Crippen LogP contribution < -0.4 is 9.64 Å². The number of carbonyl (C=O) groups excluding carboxylic acids is 1. The summed E-state index contributed by atoms with van der Waals surface area (Å²) in [6, 6.07) is 24.9. The molecule has 0 aromatic heterocycles. The molecule has 2 aliphatic rings. The molecule has 3 atom stereocenters. The minimum atomic E-state index is -1.18. The molecule has 0 amide bonds. The van der Waals surface area contributed by atoms with Gasteiger partial charge in [0.15, 0.2) is 11.9 Å². The number of ketones is 1. The lowest BCUT2D eigenvalue weighted by atomic mass is 9.93. The number of Topliss-reactive ketones (excluding diaryl/α,β-unsaturated/α-hetero) is 1. The van der Waals surface area contributed by atoms with Crippen LogP contribution in [0.15, 0.2) is 78.9 Å². The number of rotatable bonds is 4. The van der Waals surface area contributed by atoms with Crippen LogP contribution in [0.25, 0.3) is 0 Å². The standard InChI is InChI=1S/C24H21NO4/c1-27-18-14-12-16(13-15-18)21-23-22(26)19-10-6-7-11-20(19)24(28-2,29-23)25(21)17-8-4-3-5-9-17/h3-15,21,23H,1-2H3/t21-,23-,24-/m1/s1. The predicted molar refractivity (Wildman–Crippen MR) is 109 cm³/mol. The van der Waals surface area contributed by atoms with E-state index < -0.39 is 12.0 Å². The van der Waals surface area contributed by atoms with Gasteiger partial charge in [-0.3, -0.25) is 4.79 Å². The zero-order valence-corrected chi connectivity index (χ0v) is 16.2. The fourth-order valence-corrected chi connectivity index (χ4v) is 4.43. The number of ether oxygens (including phenoxy) is 3. The van der Waals surface area contributed by atoms with Crippen LogP contribution in [0.4, 0.5) is 5.69 Å². The second-order valence-corrected chi connectivity index (χ2v) is 7.16. The average Bonchev–Trinajstić information content (AvgIpc) is 3.11. The minimum Gasteiger partial charge on any atom is -0.497 e. The number of nitrogens with zero attached hydrogens (tertiary/aromatic N) is 1. The first-order valence-electron chi connectivity index (χ1n) is 9.54. The second-order valence-electron chi connectivity index (χ2n) is 7.16. The Morgan fingerprint density at radius 3 is 2.28 bits per heavy atom. The molecule has 2 heterocycles. The van der Waals surface area contributed by atoms with E-state index in [0.717, 1.165) is 22.6 Å². The molecule has 146 valence electrons. The molecule has 3 aromatic rings. The van der Waals surface area contributed by atoms with Gasteiger partial charge < -0.3 is 19.1 Å². The van der Waals surface area contributed by atoms with E-state index in [1.54, 1.807) is 14.2 Å². The van der Waals surface area contributed by atoms with Crippen LogP contribution in [0.5, 0.6) is 5.75 Å². The van der Waals surface area contributed by atoms with Crippen LogP contribution in [0.3, 0.4) is 0 Å². The average molecular weight is 387 g/mol. The van der Waals surface area contributed by atoms with Gasteiger partial charge in [0.25, 0.3) is 5.91 Å². The van der Waals surface area contributed by atoms with Crippen LogP contribution >= 0.6 is 0 Å². The Morgan fingerprint density at radius 2 is 1.59 bits per heavy atom. The molecule has 2 bridgehead atoms. The zero-order valence-electron chi connectivity index (χ0n) is 16.2. The SMILES string of the molecule is COc1ccc([C@@H]2[C@H]3O[C@](OC)(c4ccccc4C3=O)N2c2ccccc2)cc1. The Balaban J connectivity index is 1.75. The molecule has 0 saturated carbocycles. The number of benzene rings is 3. The third kappa shape index (κ3) is 2.51. The lowest BCUT2D eigenvalue weighted by molar-refractivity contribution is -0.215. The number of fused-ring (bicyclic) bond motifs is 4. The van der Waals surface area contributed by atoms with Crippen molar-refractivity contribution in [2.24, 2.45) is 0 Å². The maximum atomic E-state index is 13.4. The molecule has 0 unspecified atom stereocenters. The highest BCUT2D eigenvalue weighted by molar-refractivity contribution is 6.04. The third-order valence-corrected chi connectivity index (χ3v) is 5.73. The number of methoxy groups -OCH3 is 2. The lowest BCUT2D eigenvalue weighted by Crippen LogP contribution is -2.46. The molecule has 0 N–H and O–H groups in total. The number of carbonyl (C=O) groups is 1. The van der Waals surface area contributed by atoms with Crippen molar-refractivity contribution < 1.29 is 19.0 Å². The van der Waals surface area contributed by atoms with Gasteiger partial charge in [-0.15, -0.1) is 0 Å². The fraction of sp³-hybridized carbons (Fsp3) is 0.208. The van der Waals surface area contributed by atoms with Crippen LogP contribution in [-0.4, -0.2) is 26.1 Å². The summed E-state index contributed by atoms with van der Waals surface area (Å²) in [7, 11) is 3.26. The molecule has 5 rings (SSSR count). The normalized spacial score (nSPS) is 25.0. The highest BCUT2D eigenvalue weighted by Crippen LogP contribution is 2.54. The summed E-state index contributed by atoms with van der Waals surface area (Å²) in [5.74, 6) is -0.452. The van der Waals surface area contributed by atoms with Gasteiger partial charge >= 0.3 is 0 Å². The lowest BCUT2D eigenvalue weighted by Gasteiger charge is -2.40. The van der Waals surface area contributed by atoms with Gasteiger partial charge in [0.1, 0.15) is 5.75 Å². The Kier molecular flexibility index (Phi) is 4.15. The molecular formula is C24H21NO4. The van der Waals surface area contributed by atoms with E-state index in [0.29, 0.717) is 5.56 Å². The van der Waals surface area contributed by atoms with E-state index in [2.05, 4.69) is 4.90 Å². The molecule has 0 spiro atoms. The predicted octanol–water partition coefficient (Wildman–Crippen LogP) is 4.29. The van der Waals surface area contributed by atoms with Crippen molar-refractivity contribution in [1.29, 1.82) is 0 Å². The summed E-state index contributed by atoms with van der Waals surface area (Å²) in [5.41, 5.74) is 3.24. The van der Waals surface area contributed by atoms with Crippen molar-refractivity contribution in [1.82, 2.24) is 0 Å². The third-order valence-electron chi connectivity index (χ3n) is 5.73. The number of hydrogen-bond acceptors (Lipinski definition) is 5. The van der Waals surface area contributed by atoms with E-state index in [9.17, 15) is 4.79 Å². The van der Waals surface area contributed by atoms with E-state index >= 15 is 0 Å². The number of para-hydroxylation sites is 1. The largest absolute Gasteiger partial charge is 0.497 e. The van der Waals surface area contributed by atoms with Crippen molar-refractivity contribution >= 4 is 11.5 Å². The van der Waals surface area contributed by atoms with E-state index in [1.165, 1.54) is 0 Å². The summed E-state index contributed by atoms with van der Waals surface area (Å²) in [5, 5.41) is 0. The van der Waals surface area contributed by atoms with Crippen molar-refractivity contribution in [3.63, 3.8) is 0 Å². The van der Waals surface area contributed by atoms with Crippen LogP contribution in [0.2, 0.25) is 0 Å². The summed E-state index contributed by atoms with van der Waals surface area (Å²) in [4.78, 5) is 15.5. The topological polar surface area (TPSA) is 48.0 Å². The first-order chi connectivity index (χ1) is 14.2. The van der Waals surface area contributed by atoms with Crippen LogP contribution in [0.1, 0.15) is 27.5 Å². The molecule has 5 heteroatoms. The Hall–Kier alpha value is -3.15. The molecule has 29 heavy (non-hydrogen) atoms. The molecule has 5 nitrogen and oxygen atoms in total. The van der Waals surface area contributed by atoms with E-state index in [1.807, 2.05) is 78.9 Å². The second kappa shape index (κ2) is 6.72. The highest BCUT2D eigenvalue weighted by atomic mass is 16.7. The Morgan fingerprint density at radius 1 is 0.897 bits per heavy atom. The fourth-order valence-electron chi connectivity index (χ4n) is 4.43. The molecular weight excluding hydrogens is 366 g/mol. The quantitative estimate of drug-likeness (QED) is 0.668. The van der Waals surface area contributed by atoms with Gasteiger partial charge in [-0.05, 0) is 29.8 Å². The van der Waals surface area contributed by atoms with Gasteiger partial charge in [0.2, 0.25) is 0 Å². The molecule has 0 radical (unpaired) electrons. The van der Waals surface area contributed by atoms with Crippen molar-refractivity contribution in [3.05, 3.63) is 95.6 Å². The molecule has 1 fully saturated rings. The van der Waals surface area contributed by atoms with Gasteiger partial charge in [-0.25, -0.2) is 0 Å². The zero-order chi connectivity index (χ0) is 20.0. The molecule has 3 aromatic carbocycles. The van der Waals surface area contributed by atoms with Gasteiger partial charge in [0, 0.05) is 23.9 Å².